The zero-order chi connectivity index (χ0) is 8.20. The molecule has 0 aliphatic carbocycles. The van der Waals surface area contributed by atoms with Gasteiger partial charge in [-0.2, -0.15) is 0 Å². The van der Waals surface area contributed by atoms with Crippen LogP contribution in [-0.4, -0.2) is 44.5 Å². The van der Waals surface area contributed by atoms with Gasteiger partial charge in [-0.3, -0.25) is 4.79 Å². The molecule has 68 valence electrons. The number of halogens is 1. The Morgan fingerprint density at radius 1 is 1.36 bits per heavy atom. The zero-order valence-corrected chi connectivity index (χ0v) is 8.19. The standard InChI is InChI=1S/C7H17N2O.ClH/c1-9(2,3)5-4-7(10)6-8;/h4-6,8H2,1-3H3;1H/q+1;/p-1. The molecule has 0 unspecified atom stereocenters. The second kappa shape index (κ2) is 5.52. The first-order chi connectivity index (χ1) is 4.45. The van der Waals surface area contributed by atoms with E-state index in [2.05, 4.69) is 21.1 Å². The fraction of sp³-hybridized carbons (Fsp3) is 0.857. The molecule has 4 heteroatoms. The number of nitrogens with two attached hydrogens (primary N) is 1. The van der Waals surface area contributed by atoms with Crippen LogP contribution >= 0.6 is 0 Å². The van der Waals surface area contributed by atoms with E-state index >= 15 is 0 Å². The van der Waals surface area contributed by atoms with Gasteiger partial charge in [0.2, 0.25) is 0 Å². The second-order valence-corrected chi connectivity index (χ2v) is 3.51. The van der Waals surface area contributed by atoms with Crippen LogP contribution in [0.4, 0.5) is 0 Å². The summed E-state index contributed by atoms with van der Waals surface area (Å²) in [6.07, 6.45) is 0.597. The Bertz CT molecular complexity index is 120. The van der Waals surface area contributed by atoms with E-state index < -0.39 is 0 Å². The Kier molecular flexibility index (Phi) is 6.76. The summed E-state index contributed by atoms with van der Waals surface area (Å²) in [5.41, 5.74) is 5.14. The Morgan fingerprint density at radius 3 is 2.09 bits per heavy atom. The predicted molar refractivity (Wildman–Crippen MR) is 41.6 cm³/mol. The molecule has 0 aromatic heterocycles. The molecule has 0 aliphatic heterocycles. The van der Waals surface area contributed by atoms with Crippen molar-refractivity contribution in [3.8, 4) is 0 Å². The fourth-order valence-corrected chi connectivity index (χ4v) is 0.562. The lowest BCUT2D eigenvalue weighted by Crippen LogP contribution is -3.00. The fourth-order valence-electron chi connectivity index (χ4n) is 0.562. The molecule has 0 rings (SSSR count). The van der Waals surface area contributed by atoms with Gasteiger partial charge in [0, 0.05) is 0 Å². The molecular formula is C7H17ClN2O. The lowest BCUT2D eigenvalue weighted by atomic mass is 10.2. The quantitative estimate of drug-likeness (QED) is 0.459. The van der Waals surface area contributed by atoms with Gasteiger partial charge in [-0.25, -0.2) is 0 Å². The predicted octanol–water partition coefficient (Wildman–Crippen LogP) is -3.39. The highest BCUT2D eigenvalue weighted by Gasteiger charge is 2.08. The minimum atomic E-state index is 0. The molecule has 3 nitrogen and oxygen atoms in total. The van der Waals surface area contributed by atoms with Crippen LogP contribution in [0.15, 0.2) is 0 Å². The van der Waals surface area contributed by atoms with E-state index in [-0.39, 0.29) is 24.7 Å². The van der Waals surface area contributed by atoms with Crippen LogP contribution in [0.5, 0.6) is 0 Å². The van der Waals surface area contributed by atoms with Gasteiger partial charge in [-0.15, -0.1) is 0 Å². The summed E-state index contributed by atoms with van der Waals surface area (Å²) in [7, 11) is 6.18. The number of nitrogens with zero attached hydrogens (tertiary/aromatic N) is 1. The van der Waals surface area contributed by atoms with Crippen LogP contribution in [0.2, 0.25) is 0 Å². The molecular weight excluding hydrogens is 164 g/mol. The van der Waals surface area contributed by atoms with Crippen molar-refractivity contribution >= 4 is 5.78 Å². The van der Waals surface area contributed by atoms with Gasteiger partial charge in [0.05, 0.1) is 40.7 Å². The van der Waals surface area contributed by atoms with E-state index in [0.29, 0.717) is 6.42 Å². The van der Waals surface area contributed by atoms with Crippen molar-refractivity contribution in [2.45, 2.75) is 6.42 Å². The van der Waals surface area contributed by atoms with Crippen molar-refractivity contribution in [3.63, 3.8) is 0 Å². The summed E-state index contributed by atoms with van der Waals surface area (Å²) in [6, 6.07) is 0. The Balaban J connectivity index is 0. The molecule has 0 heterocycles. The van der Waals surface area contributed by atoms with Crippen molar-refractivity contribution in [2.24, 2.45) is 5.73 Å². The number of quaternary nitrogens is 1. The van der Waals surface area contributed by atoms with E-state index in [1.165, 1.54) is 0 Å². The molecule has 0 saturated carbocycles. The van der Waals surface area contributed by atoms with E-state index in [9.17, 15) is 4.79 Å². The van der Waals surface area contributed by atoms with E-state index in [1.54, 1.807) is 0 Å². The molecule has 0 radical (unpaired) electrons. The van der Waals surface area contributed by atoms with Gasteiger partial charge in [-0.05, 0) is 0 Å². The number of rotatable bonds is 4. The van der Waals surface area contributed by atoms with Crippen LogP contribution < -0.4 is 18.1 Å². The summed E-state index contributed by atoms with van der Waals surface area (Å²) < 4.78 is 0.825. The highest BCUT2D eigenvalue weighted by molar-refractivity contribution is 5.80. The SMILES string of the molecule is C[N+](C)(C)CCC(=O)CN.[Cl-]. The summed E-state index contributed by atoms with van der Waals surface area (Å²) in [6.45, 7) is 1.05. The average molecular weight is 181 g/mol. The molecule has 0 aromatic rings. The molecule has 11 heavy (non-hydrogen) atoms. The third kappa shape index (κ3) is 9.88. The molecule has 0 spiro atoms. The van der Waals surface area contributed by atoms with Gasteiger partial charge in [0.25, 0.3) is 0 Å². The van der Waals surface area contributed by atoms with Gasteiger partial charge < -0.3 is 22.6 Å². The summed E-state index contributed by atoms with van der Waals surface area (Å²) >= 11 is 0. The number of carbonyl (C=O) groups is 1. The van der Waals surface area contributed by atoms with Gasteiger partial charge in [-0.1, -0.05) is 0 Å². The summed E-state index contributed by atoms with van der Waals surface area (Å²) in [4.78, 5) is 10.7. The largest absolute Gasteiger partial charge is 1.00 e. The highest BCUT2D eigenvalue weighted by Crippen LogP contribution is 1.92. The lowest BCUT2D eigenvalue weighted by molar-refractivity contribution is -0.869. The van der Waals surface area contributed by atoms with E-state index in [1.807, 2.05) is 0 Å². The van der Waals surface area contributed by atoms with Gasteiger partial charge >= 0.3 is 0 Å². The first-order valence-electron chi connectivity index (χ1n) is 3.48. The molecule has 0 saturated heterocycles. The Hall–Kier alpha value is -0.120. The molecule has 0 bridgehead atoms. The zero-order valence-electron chi connectivity index (χ0n) is 7.43. The van der Waals surface area contributed by atoms with Crippen molar-refractivity contribution < 1.29 is 21.7 Å². The summed E-state index contributed by atoms with van der Waals surface area (Å²) in [5, 5.41) is 0. The number of hydrogen-bond acceptors (Lipinski definition) is 2. The maximum Gasteiger partial charge on any atom is 0.152 e. The number of Topliss-reactive ketones (excluding diaryl/α,β-unsaturated/α-hetero) is 1. The van der Waals surface area contributed by atoms with Crippen LogP contribution in [0.25, 0.3) is 0 Å². The molecule has 0 aromatic carbocycles. The number of carbonyl (C=O) groups excluding carboxylic acids is 1. The van der Waals surface area contributed by atoms with Crippen LogP contribution in [-0.2, 0) is 4.79 Å². The van der Waals surface area contributed by atoms with Gasteiger partial charge in [0.1, 0.15) is 0 Å². The van der Waals surface area contributed by atoms with E-state index in [0.717, 1.165) is 11.0 Å². The minimum absolute atomic E-state index is 0. The molecule has 0 aliphatic rings. The van der Waals surface area contributed by atoms with Crippen molar-refractivity contribution in [2.75, 3.05) is 34.2 Å². The normalized spacial score (nSPS) is 10.5. The van der Waals surface area contributed by atoms with Crippen molar-refractivity contribution in [1.29, 1.82) is 0 Å². The highest BCUT2D eigenvalue weighted by atomic mass is 35.5. The monoisotopic (exact) mass is 180 g/mol. The maximum atomic E-state index is 10.7. The van der Waals surface area contributed by atoms with Crippen LogP contribution in [0.1, 0.15) is 6.42 Å². The Labute approximate surface area is 74.6 Å². The van der Waals surface area contributed by atoms with Crippen LogP contribution in [0, 0.1) is 0 Å². The first kappa shape index (κ1) is 13.5. The molecule has 2 N–H and O–H groups in total. The molecule has 0 atom stereocenters. The van der Waals surface area contributed by atoms with Crippen LogP contribution in [0.3, 0.4) is 0 Å². The summed E-state index contributed by atoms with van der Waals surface area (Å²) in [5.74, 6) is 0.146. The third-order valence-corrected chi connectivity index (χ3v) is 1.29. The molecule has 0 amide bonds. The minimum Gasteiger partial charge on any atom is -1.00 e. The third-order valence-electron chi connectivity index (χ3n) is 1.29. The lowest BCUT2D eigenvalue weighted by Gasteiger charge is -2.23. The first-order valence-corrected chi connectivity index (χ1v) is 3.48. The maximum absolute atomic E-state index is 10.7. The number of hydrogen-bond donors (Lipinski definition) is 1. The Morgan fingerprint density at radius 2 is 1.82 bits per heavy atom. The topological polar surface area (TPSA) is 43.1 Å². The van der Waals surface area contributed by atoms with Crippen molar-refractivity contribution in [1.82, 2.24) is 0 Å². The van der Waals surface area contributed by atoms with E-state index in [4.69, 9.17) is 5.73 Å². The number of ketones is 1. The molecule has 0 fully saturated rings. The smallest absolute Gasteiger partial charge is 0.152 e. The second-order valence-electron chi connectivity index (χ2n) is 3.51. The van der Waals surface area contributed by atoms with Gasteiger partial charge in [0.15, 0.2) is 5.78 Å². The average Bonchev–Trinajstić information content (AvgIpc) is 1.81. The van der Waals surface area contributed by atoms with Crippen molar-refractivity contribution in [3.05, 3.63) is 0 Å².